The van der Waals surface area contributed by atoms with Crippen molar-refractivity contribution in [1.29, 1.82) is 0 Å². The van der Waals surface area contributed by atoms with Gasteiger partial charge in [-0.1, -0.05) is 6.07 Å². The van der Waals surface area contributed by atoms with Crippen LogP contribution in [0.15, 0.2) is 35.5 Å². The lowest BCUT2D eigenvalue weighted by atomic mass is 10.2. The molecule has 0 radical (unpaired) electrons. The first kappa shape index (κ1) is 13.3. The third-order valence-electron chi connectivity index (χ3n) is 2.25. The standard InChI is InChI=1S/C10H10FN5O2S/c11-8-2-1-7(6-12)9(5-8)19(17,18)16-10-13-3-4-14-15-10/h1-5H,6,12H2,(H,13,15,16). The average Bonchev–Trinajstić information content (AvgIpc) is 2.39. The van der Waals surface area contributed by atoms with Gasteiger partial charge in [0.2, 0.25) is 0 Å². The van der Waals surface area contributed by atoms with E-state index in [1.165, 1.54) is 18.5 Å². The van der Waals surface area contributed by atoms with Gasteiger partial charge >= 0.3 is 0 Å². The fourth-order valence-electron chi connectivity index (χ4n) is 1.42. The topological polar surface area (TPSA) is 111 Å². The third kappa shape index (κ3) is 3.01. The van der Waals surface area contributed by atoms with Gasteiger partial charge in [0, 0.05) is 6.54 Å². The molecule has 2 rings (SSSR count). The van der Waals surface area contributed by atoms with Crippen molar-refractivity contribution in [2.75, 3.05) is 4.72 Å². The number of hydrogen-bond donors (Lipinski definition) is 2. The normalized spacial score (nSPS) is 11.3. The predicted octanol–water partition coefficient (Wildman–Crippen LogP) is 0.270. The predicted molar refractivity (Wildman–Crippen MR) is 64.9 cm³/mol. The fraction of sp³-hybridized carbons (Fsp3) is 0.100. The molecule has 0 atom stereocenters. The molecular weight excluding hydrogens is 273 g/mol. The Hall–Kier alpha value is -2.13. The Bertz CT molecular complexity index is 678. The summed E-state index contributed by atoms with van der Waals surface area (Å²) >= 11 is 0. The smallest absolute Gasteiger partial charge is 0.264 e. The maximum Gasteiger partial charge on any atom is 0.264 e. The number of hydrogen-bond acceptors (Lipinski definition) is 6. The zero-order chi connectivity index (χ0) is 13.9. The van der Waals surface area contributed by atoms with E-state index in [-0.39, 0.29) is 23.0 Å². The van der Waals surface area contributed by atoms with E-state index >= 15 is 0 Å². The van der Waals surface area contributed by atoms with Gasteiger partial charge in [0.05, 0.1) is 17.3 Å². The molecule has 0 aliphatic rings. The summed E-state index contributed by atoms with van der Waals surface area (Å²) in [6.07, 6.45) is 2.57. The molecule has 100 valence electrons. The number of rotatable bonds is 4. The average molecular weight is 283 g/mol. The SMILES string of the molecule is NCc1ccc(F)cc1S(=O)(=O)Nc1nccnn1. The molecule has 1 aromatic carbocycles. The molecule has 0 bridgehead atoms. The van der Waals surface area contributed by atoms with Crippen molar-refractivity contribution in [3.8, 4) is 0 Å². The highest BCUT2D eigenvalue weighted by atomic mass is 32.2. The summed E-state index contributed by atoms with van der Waals surface area (Å²) in [5.41, 5.74) is 5.72. The van der Waals surface area contributed by atoms with Gasteiger partial charge in [0.15, 0.2) is 0 Å². The summed E-state index contributed by atoms with van der Waals surface area (Å²) in [7, 11) is -4.01. The highest BCUT2D eigenvalue weighted by Gasteiger charge is 2.20. The van der Waals surface area contributed by atoms with Crippen LogP contribution in [0.1, 0.15) is 5.56 Å². The molecule has 9 heteroatoms. The van der Waals surface area contributed by atoms with Gasteiger partial charge in [-0.25, -0.2) is 22.5 Å². The van der Waals surface area contributed by atoms with Crippen LogP contribution < -0.4 is 10.5 Å². The van der Waals surface area contributed by atoms with Crippen LogP contribution in [-0.2, 0) is 16.6 Å². The van der Waals surface area contributed by atoms with Crippen LogP contribution >= 0.6 is 0 Å². The van der Waals surface area contributed by atoms with Crippen LogP contribution in [0.2, 0.25) is 0 Å². The molecule has 2 aromatic rings. The minimum absolute atomic E-state index is 0.0373. The maximum atomic E-state index is 13.2. The summed E-state index contributed by atoms with van der Waals surface area (Å²) in [5, 5.41) is 6.98. The zero-order valence-corrected chi connectivity index (χ0v) is 10.4. The van der Waals surface area contributed by atoms with Crippen molar-refractivity contribution >= 4 is 16.0 Å². The van der Waals surface area contributed by atoms with E-state index in [1.807, 2.05) is 0 Å². The van der Waals surface area contributed by atoms with E-state index in [2.05, 4.69) is 19.9 Å². The van der Waals surface area contributed by atoms with Crippen LogP contribution in [0, 0.1) is 5.82 Å². The molecule has 3 N–H and O–H groups in total. The Kier molecular flexibility index (Phi) is 3.67. The quantitative estimate of drug-likeness (QED) is 0.833. The number of halogens is 1. The number of nitrogens with two attached hydrogens (primary N) is 1. The number of nitrogens with zero attached hydrogens (tertiary/aromatic N) is 3. The molecule has 0 saturated heterocycles. The monoisotopic (exact) mass is 283 g/mol. The Morgan fingerprint density at radius 3 is 2.74 bits per heavy atom. The molecular formula is C10H10FN5O2S. The van der Waals surface area contributed by atoms with Crippen LogP contribution in [0.25, 0.3) is 0 Å². The molecule has 0 amide bonds. The molecule has 0 unspecified atom stereocenters. The first-order valence-electron chi connectivity index (χ1n) is 5.18. The number of aromatic nitrogens is 3. The van der Waals surface area contributed by atoms with Crippen LogP contribution in [-0.4, -0.2) is 23.6 Å². The van der Waals surface area contributed by atoms with Crippen molar-refractivity contribution in [2.24, 2.45) is 5.73 Å². The number of nitrogens with one attached hydrogen (secondary N) is 1. The van der Waals surface area contributed by atoms with Crippen molar-refractivity contribution in [2.45, 2.75) is 11.4 Å². The van der Waals surface area contributed by atoms with Crippen molar-refractivity contribution < 1.29 is 12.8 Å². The molecule has 1 aromatic heterocycles. The molecule has 0 saturated carbocycles. The largest absolute Gasteiger partial charge is 0.326 e. The first-order valence-corrected chi connectivity index (χ1v) is 6.66. The Morgan fingerprint density at radius 2 is 2.11 bits per heavy atom. The molecule has 19 heavy (non-hydrogen) atoms. The number of sulfonamides is 1. The van der Waals surface area contributed by atoms with Gasteiger partial charge in [-0.05, 0) is 17.7 Å². The van der Waals surface area contributed by atoms with E-state index in [0.29, 0.717) is 0 Å². The second-order valence-electron chi connectivity index (χ2n) is 3.53. The fourth-order valence-corrected chi connectivity index (χ4v) is 2.62. The molecule has 0 aliphatic carbocycles. The molecule has 0 fully saturated rings. The summed E-state index contributed by atoms with van der Waals surface area (Å²) in [4.78, 5) is 3.43. The molecule has 0 spiro atoms. The lowest BCUT2D eigenvalue weighted by molar-refractivity contribution is 0.592. The zero-order valence-electron chi connectivity index (χ0n) is 9.62. The van der Waals surface area contributed by atoms with E-state index in [4.69, 9.17) is 5.73 Å². The Labute approximate surface area is 108 Å². The van der Waals surface area contributed by atoms with Crippen molar-refractivity contribution in [3.05, 3.63) is 42.0 Å². The summed E-state index contributed by atoms with van der Waals surface area (Å²) < 4.78 is 39.5. The molecule has 0 aliphatic heterocycles. The van der Waals surface area contributed by atoms with Gasteiger partial charge in [0.1, 0.15) is 5.82 Å². The van der Waals surface area contributed by atoms with Crippen LogP contribution in [0.4, 0.5) is 10.3 Å². The second kappa shape index (κ2) is 5.24. The Balaban J connectivity index is 2.42. The number of anilines is 1. The van der Waals surface area contributed by atoms with E-state index in [0.717, 1.165) is 12.1 Å². The van der Waals surface area contributed by atoms with Crippen molar-refractivity contribution in [3.63, 3.8) is 0 Å². The second-order valence-corrected chi connectivity index (χ2v) is 5.18. The molecule has 1 heterocycles. The van der Waals surface area contributed by atoms with Gasteiger partial charge in [-0.2, -0.15) is 5.10 Å². The van der Waals surface area contributed by atoms with Gasteiger partial charge < -0.3 is 5.73 Å². The van der Waals surface area contributed by atoms with Crippen LogP contribution in [0.5, 0.6) is 0 Å². The minimum atomic E-state index is -4.01. The summed E-state index contributed by atoms with van der Waals surface area (Å²) in [5.74, 6) is -0.876. The highest BCUT2D eigenvalue weighted by molar-refractivity contribution is 7.92. The first-order chi connectivity index (χ1) is 9.03. The van der Waals surface area contributed by atoms with Gasteiger partial charge in [-0.15, -0.1) is 5.10 Å². The van der Waals surface area contributed by atoms with Gasteiger partial charge in [-0.3, -0.25) is 0 Å². The maximum absolute atomic E-state index is 13.2. The van der Waals surface area contributed by atoms with E-state index in [9.17, 15) is 12.8 Å². The minimum Gasteiger partial charge on any atom is -0.326 e. The third-order valence-corrected chi connectivity index (χ3v) is 3.66. The summed E-state index contributed by atoms with van der Waals surface area (Å²) in [6.45, 7) is -0.0373. The lowest BCUT2D eigenvalue weighted by Gasteiger charge is -2.09. The lowest BCUT2D eigenvalue weighted by Crippen LogP contribution is -2.18. The van der Waals surface area contributed by atoms with Crippen molar-refractivity contribution in [1.82, 2.24) is 15.2 Å². The van der Waals surface area contributed by atoms with Gasteiger partial charge in [0.25, 0.3) is 16.0 Å². The number of benzene rings is 1. The van der Waals surface area contributed by atoms with E-state index in [1.54, 1.807) is 0 Å². The van der Waals surface area contributed by atoms with E-state index < -0.39 is 15.8 Å². The van der Waals surface area contributed by atoms with Crippen LogP contribution in [0.3, 0.4) is 0 Å². The summed E-state index contributed by atoms with van der Waals surface area (Å²) in [6, 6.07) is 3.34. The molecule has 7 nitrogen and oxygen atoms in total. The Morgan fingerprint density at radius 1 is 1.32 bits per heavy atom. The highest BCUT2D eigenvalue weighted by Crippen LogP contribution is 2.18.